The van der Waals surface area contributed by atoms with Gasteiger partial charge in [0.15, 0.2) is 0 Å². The lowest BCUT2D eigenvalue weighted by atomic mass is 9.91. The van der Waals surface area contributed by atoms with Crippen molar-refractivity contribution in [3.8, 4) is 0 Å². The normalized spacial score (nSPS) is 13.5. The van der Waals surface area contributed by atoms with Gasteiger partial charge in [-0.25, -0.2) is 4.79 Å². The van der Waals surface area contributed by atoms with E-state index in [1.54, 1.807) is 34.6 Å². The van der Waals surface area contributed by atoms with Gasteiger partial charge in [-0.15, -0.1) is 0 Å². The van der Waals surface area contributed by atoms with Crippen LogP contribution in [0.3, 0.4) is 0 Å². The van der Waals surface area contributed by atoms with E-state index in [0.717, 1.165) is 5.56 Å². The van der Waals surface area contributed by atoms with Gasteiger partial charge in [0, 0.05) is 6.54 Å². The number of carbonyl (C=O) groups excluding carboxylic acids is 3. The first-order chi connectivity index (χ1) is 15.8. The Balaban J connectivity index is 2.61. The van der Waals surface area contributed by atoms with Crippen molar-refractivity contribution in [1.29, 1.82) is 0 Å². The maximum atomic E-state index is 13.1. The van der Waals surface area contributed by atoms with Crippen LogP contribution in [-0.2, 0) is 44.0 Å². The standard InChI is InChI=1S/C23H36NO9P/c1-7-23(5,6)20(26)31-17-33-34(28,32-16-30-19(25)22(2,3)4)14-13-24-21(27)29-15-18-11-9-8-10-12-18/h8-12H,7,13-17H2,1-6H3,(H,24,27). The van der Waals surface area contributed by atoms with Gasteiger partial charge in [-0.1, -0.05) is 37.3 Å². The number of esters is 2. The molecule has 0 spiro atoms. The van der Waals surface area contributed by atoms with Crippen LogP contribution in [0.15, 0.2) is 30.3 Å². The molecular weight excluding hydrogens is 465 g/mol. The van der Waals surface area contributed by atoms with E-state index in [1.165, 1.54) is 0 Å². The van der Waals surface area contributed by atoms with E-state index in [0.29, 0.717) is 6.42 Å². The van der Waals surface area contributed by atoms with Gasteiger partial charge in [-0.3, -0.25) is 23.2 Å². The van der Waals surface area contributed by atoms with E-state index >= 15 is 0 Å². The van der Waals surface area contributed by atoms with Crippen LogP contribution < -0.4 is 5.32 Å². The SMILES string of the molecule is CCC(C)(C)C(=O)OCOP(=O)(CCNC(=O)OCc1ccccc1)OCOC(=O)C(C)(C)C. The number of benzene rings is 1. The molecule has 0 heterocycles. The fraction of sp³-hybridized carbons (Fsp3) is 0.609. The molecule has 0 aliphatic rings. The molecule has 0 radical (unpaired) electrons. The van der Waals surface area contributed by atoms with E-state index in [2.05, 4.69) is 5.32 Å². The lowest BCUT2D eigenvalue weighted by molar-refractivity contribution is -0.162. The third-order valence-electron chi connectivity index (χ3n) is 4.80. The molecule has 1 atom stereocenters. The molecule has 0 saturated heterocycles. The van der Waals surface area contributed by atoms with Gasteiger partial charge in [-0.2, -0.15) is 0 Å². The average Bonchev–Trinajstić information content (AvgIpc) is 2.77. The highest BCUT2D eigenvalue weighted by Crippen LogP contribution is 2.47. The Bertz CT molecular complexity index is 850. The van der Waals surface area contributed by atoms with Crippen LogP contribution in [0.25, 0.3) is 0 Å². The lowest BCUT2D eigenvalue weighted by Gasteiger charge is -2.23. The van der Waals surface area contributed by atoms with Crippen molar-refractivity contribution in [2.24, 2.45) is 10.8 Å². The summed E-state index contributed by atoms with van der Waals surface area (Å²) in [6.45, 7) is 8.94. The molecule has 0 aliphatic heterocycles. The predicted molar refractivity (Wildman–Crippen MR) is 125 cm³/mol. The number of carbonyl (C=O) groups is 3. The third kappa shape index (κ3) is 11.1. The molecule has 1 aromatic rings. The second-order valence-electron chi connectivity index (χ2n) is 9.17. The number of hydrogen-bond donors (Lipinski definition) is 1. The second kappa shape index (κ2) is 13.5. The first kappa shape index (κ1) is 29.6. The summed E-state index contributed by atoms with van der Waals surface area (Å²) in [4.78, 5) is 35.9. The highest BCUT2D eigenvalue weighted by Gasteiger charge is 2.31. The second-order valence-corrected chi connectivity index (χ2v) is 11.4. The van der Waals surface area contributed by atoms with Gasteiger partial charge in [0.2, 0.25) is 13.6 Å². The Hall–Kier alpha value is -2.42. The largest absolute Gasteiger partial charge is 0.445 e. The number of ether oxygens (including phenoxy) is 3. The summed E-state index contributed by atoms with van der Waals surface area (Å²) in [5, 5.41) is 2.46. The zero-order valence-electron chi connectivity index (χ0n) is 20.8. The summed E-state index contributed by atoms with van der Waals surface area (Å²) in [6.07, 6.45) is -0.446. The first-order valence-electron chi connectivity index (χ1n) is 11.0. The predicted octanol–water partition coefficient (Wildman–Crippen LogP) is 4.62. The molecule has 1 aromatic carbocycles. The van der Waals surface area contributed by atoms with Gasteiger partial charge in [-0.05, 0) is 46.6 Å². The molecule has 1 rings (SSSR count). The van der Waals surface area contributed by atoms with Gasteiger partial charge in [0.1, 0.15) is 6.61 Å². The molecule has 11 heteroatoms. The maximum Gasteiger partial charge on any atom is 0.407 e. The van der Waals surface area contributed by atoms with Crippen molar-refractivity contribution in [3.63, 3.8) is 0 Å². The minimum atomic E-state index is -3.90. The molecule has 0 aromatic heterocycles. The van der Waals surface area contributed by atoms with Gasteiger partial charge in [0.25, 0.3) is 0 Å². The highest BCUT2D eigenvalue weighted by atomic mass is 31.2. The minimum Gasteiger partial charge on any atom is -0.445 e. The zero-order chi connectivity index (χ0) is 25.8. The van der Waals surface area contributed by atoms with Crippen molar-refractivity contribution in [3.05, 3.63) is 35.9 Å². The Labute approximate surface area is 201 Å². The summed E-state index contributed by atoms with van der Waals surface area (Å²) in [6, 6.07) is 9.11. The number of hydrogen-bond acceptors (Lipinski definition) is 9. The number of nitrogens with one attached hydrogen (secondary N) is 1. The Kier molecular flexibility index (Phi) is 11.7. The highest BCUT2D eigenvalue weighted by molar-refractivity contribution is 7.53. The summed E-state index contributed by atoms with van der Waals surface area (Å²) in [5.74, 6) is -1.08. The van der Waals surface area contributed by atoms with Gasteiger partial charge >= 0.3 is 25.6 Å². The van der Waals surface area contributed by atoms with Crippen LogP contribution in [-0.4, -0.2) is 44.3 Å². The van der Waals surface area contributed by atoms with E-state index in [-0.39, 0.29) is 19.3 Å². The monoisotopic (exact) mass is 501 g/mol. The minimum absolute atomic E-state index is 0.0727. The van der Waals surface area contributed by atoms with Crippen LogP contribution in [0.2, 0.25) is 0 Å². The number of alkyl carbamates (subject to hydrolysis) is 1. The summed E-state index contributed by atoms with van der Waals surface area (Å²) < 4.78 is 38.7. The fourth-order valence-electron chi connectivity index (χ4n) is 2.11. The smallest absolute Gasteiger partial charge is 0.407 e. The van der Waals surface area contributed by atoms with Crippen molar-refractivity contribution in [2.45, 2.75) is 54.6 Å². The van der Waals surface area contributed by atoms with Crippen molar-refractivity contribution in [2.75, 3.05) is 26.3 Å². The molecule has 0 saturated carbocycles. The van der Waals surface area contributed by atoms with E-state index in [4.69, 9.17) is 23.3 Å². The van der Waals surface area contributed by atoms with Crippen molar-refractivity contribution >= 4 is 25.6 Å². The first-order valence-corrected chi connectivity index (χ1v) is 12.7. The van der Waals surface area contributed by atoms with Crippen LogP contribution in [0.5, 0.6) is 0 Å². The molecule has 10 nitrogen and oxygen atoms in total. The summed E-state index contributed by atoms with van der Waals surface area (Å²) in [5.41, 5.74) is -0.701. The molecule has 1 amide bonds. The van der Waals surface area contributed by atoms with E-state index < -0.39 is 50.0 Å². The maximum absolute atomic E-state index is 13.1. The lowest BCUT2D eigenvalue weighted by Crippen LogP contribution is -2.29. The Morgan fingerprint density at radius 1 is 0.882 bits per heavy atom. The fourth-order valence-corrected chi connectivity index (χ4v) is 3.26. The summed E-state index contributed by atoms with van der Waals surface area (Å²) in [7, 11) is -3.90. The molecule has 34 heavy (non-hydrogen) atoms. The Morgan fingerprint density at radius 2 is 1.44 bits per heavy atom. The van der Waals surface area contributed by atoms with Crippen LogP contribution in [0.1, 0.15) is 53.5 Å². The average molecular weight is 502 g/mol. The van der Waals surface area contributed by atoms with Gasteiger partial charge in [0.05, 0.1) is 17.0 Å². The number of amides is 1. The molecule has 0 bridgehead atoms. The molecule has 0 fully saturated rings. The van der Waals surface area contributed by atoms with Crippen LogP contribution in [0.4, 0.5) is 4.79 Å². The topological polar surface area (TPSA) is 126 Å². The quantitative estimate of drug-likeness (QED) is 0.178. The van der Waals surface area contributed by atoms with Gasteiger partial charge < -0.3 is 19.5 Å². The van der Waals surface area contributed by atoms with Crippen LogP contribution >= 0.6 is 7.60 Å². The van der Waals surface area contributed by atoms with Crippen molar-refractivity contribution in [1.82, 2.24) is 5.32 Å². The summed E-state index contributed by atoms with van der Waals surface area (Å²) >= 11 is 0. The van der Waals surface area contributed by atoms with E-state index in [9.17, 15) is 18.9 Å². The third-order valence-corrected chi connectivity index (χ3v) is 6.56. The van der Waals surface area contributed by atoms with E-state index in [1.807, 2.05) is 37.3 Å². The van der Waals surface area contributed by atoms with Crippen LogP contribution in [0, 0.1) is 10.8 Å². The molecule has 0 aliphatic carbocycles. The molecule has 192 valence electrons. The van der Waals surface area contributed by atoms with Crippen molar-refractivity contribution < 1.29 is 42.2 Å². The Morgan fingerprint density at radius 3 is 1.97 bits per heavy atom. The molecule has 1 unspecified atom stereocenters. The molecular formula is C23H36NO9P. The number of rotatable bonds is 13. The zero-order valence-corrected chi connectivity index (χ0v) is 21.6. The molecule has 1 N–H and O–H groups in total.